The molecule has 1 fully saturated rings. The number of aromatic nitrogens is 1. The zero-order valence-corrected chi connectivity index (χ0v) is 17.5. The van der Waals surface area contributed by atoms with Crippen molar-refractivity contribution in [2.24, 2.45) is 5.92 Å². The average Bonchev–Trinajstić information content (AvgIpc) is 3.21. The molecule has 0 unspecified atom stereocenters. The summed E-state index contributed by atoms with van der Waals surface area (Å²) in [5.74, 6) is 1.52. The second-order valence-electron chi connectivity index (χ2n) is 7.47. The highest BCUT2D eigenvalue weighted by atomic mass is 32.1. The summed E-state index contributed by atoms with van der Waals surface area (Å²) in [6.45, 7) is 3.47. The summed E-state index contributed by atoms with van der Waals surface area (Å²) in [4.78, 5) is 21.1. The van der Waals surface area contributed by atoms with Crippen LogP contribution in [0.15, 0.2) is 36.0 Å². The van der Waals surface area contributed by atoms with Crippen molar-refractivity contribution < 1.29 is 14.3 Å². The van der Waals surface area contributed by atoms with Gasteiger partial charge in [0.15, 0.2) is 0 Å². The Balaban J connectivity index is 1.31. The molecule has 1 saturated heterocycles. The molecule has 0 bridgehead atoms. The molecule has 1 aliphatic rings. The van der Waals surface area contributed by atoms with Crippen LogP contribution in [0.3, 0.4) is 0 Å². The van der Waals surface area contributed by atoms with E-state index >= 15 is 0 Å². The first-order valence-corrected chi connectivity index (χ1v) is 10.6. The first kappa shape index (κ1) is 20.6. The lowest BCUT2D eigenvalue weighted by molar-refractivity contribution is 0.0807. The molecule has 1 aromatic carbocycles. The third kappa shape index (κ3) is 6.49. The fraction of sp³-hybridized carbons (Fsp3) is 0.524. The molecule has 7 heteroatoms. The zero-order valence-electron chi connectivity index (χ0n) is 16.7. The number of ether oxygens (including phenoxy) is 2. The highest BCUT2D eigenvalue weighted by molar-refractivity contribution is 7.09. The van der Waals surface area contributed by atoms with Crippen LogP contribution in [0.25, 0.3) is 0 Å². The van der Waals surface area contributed by atoms with E-state index in [-0.39, 0.29) is 6.09 Å². The van der Waals surface area contributed by atoms with Crippen molar-refractivity contribution in [3.05, 3.63) is 46.4 Å². The van der Waals surface area contributed by atoms with Crippen molar-refractivity contribution in [2.75, 3.05) is 33.8 Å². The number of amides is 1. The fourth-order valence-electron chi connectivity index (χ4n) is 3.34. The van der Waals surface area contributed by atoms with Gasteiger partial charge in [0.2, 0.25) is 0 Å². The lowest BCUT2D eigenvalue weighted by atomic mass is 9.94. The molecule has 1 amide bonds. The first-order valence-electron chi connectivity index (χ1n) is 9.75. The molecule has 0 radical (unpaired) electrons. The second-order valence-corrected chi connectivity index (χ2v) is 8.44. The van der Waals surface area contributed by atoms with Crippen LogP contribution in [-0.2, 0) is 17.9 Å². The highest BCUT2D eigenvalue weighted by Gasteiger charge is 2.23. The van der Waals surface area contributed by atoms with Gasteiger partial charge in [-0.1, -0.05) is 12.1 Å². The number of thiazole rings is 1. The number of rotatable bonds is 8. The van der Waals surface area contributed by atoms with Crippen LogP contribution < -0.4 is 4.74 Å². The van der Waals surface area contributed by atoms with Crippen LogP contribution in [-0.4, -0.2) is 54.7 Å². The molecule has 0 saturated carbocycles. The Labute approximate surface area is 171 Å². The summed E-state index contributed by atoms with van der Waals surface area (Å²) in [6, 6.07) is 8.32. The zero-order chi connectivity index (χ0) is 19.8. The van der Waals surface area contributed by atoms with Crippen molar-refractivity contribution in [1.29, 1.82) is 0 Å². The minimum atomic E-state index is -0.221. The molecular weight excluding hydrogens is 374 g/mol. The number of hydrogen-bond acceptors (Lipinski definition) is 6. The predicted molar refractivity (Wildman–Crippen MR) is 111 cm³/mol. The van der Waals surface area contributed by atoms with Gasteiger partial charge in [0.1, 0.15) is 12.4 Å². The van der Waals surface area contributed by atoms with Crippen molar-refractivity contribution in [3.63, 3.8) is 0 Å². The monoisotopic (exact) mass is 403 g/mol. The number of carbonyl (C=O) groups excluding carboxylic acids is 1. The Morgan fingerprint density at radius 2 is 2.00 bits per heavy atom. The van der Waals surface area contributed by atoms with Crippen LogP contribution in [0.2, 0.25) is 0 Å². The average molecular weight is 404 g/mol. The maximum atomic E-state index is 12.2. The van der Waals surface area contributed by atoms with Crippen LogP contribution in [0, 0.1) is 5.92 Å². The van der Waals surface area contributed by atoms with Crippen molar-refractivity contribution in [2.45, 2.75) is 32.4 Å². The van der Waals surface area contributed by atoms with Gasteiger partial charge in [0, 0.05) is 25.8 Å². The summed E-state index contributed by atoms with van der Waals surface area (Å²) < 4.78 is 11.3. The second kappa shape index (κ2) is 10.4. The number of piperidine rings is 1. The van der Waals surface area contributed by atoms with Gasteiger partial charge in [0.25, 0.3) is 0 Å². The number of carbonyl (C=O) groups is 1. The molecular formula is C21H29N3O3S. The Morgan fingerprint density at radius 1 is 1.25 bits per heavy atom. The smallest absolute Gasteiger partial charge is 0.410 e. The van der Waals surface area contributed by atoms with Gasteiger partial charge in [-0.05, 0) is 57.0 Å². The van der Waals surface area contributed by atoms with Crippen molar-refractivity contribution >= 4 is 17.4 Å². The van der Waals surface area contributed by atoms with Crippen LogP contribution in [0.4, 0.5) is 4.79 Å². The van der Waals surface area contributed by atoms with E-state index in [9.17, 15) is 4.79 Å². The number of hydrogen-bond donors (Lipinski definition) is 0. The molecule has 1 aromatic heterocycles. The van der Waals surface area contributed by atoms with Gasteiger partial charge in [-0.25, -0.2) is 4.79 Å². The maximum absolute atomic E-state index is 12.2. The number of likely N-dealkylation sites (tertiary alicyclic amines) is 1. The molecule has 0 aliphatic carbocycles. The normalized spacial score (nSPS) is 15.0. The van der Waals surface area contributed by atoms with E-state index in [4.69, 9.17) is 9.47 Å². The summed E-state index contributed by atoms with van der Waals surface area (Å²) in [5, 5.41) is 0. The lowest BCUT2D eigenvalue weighted by Gasteiger charge is -2.31. The fourth-order valence-corrected chi connectivity index (χ4v) is 3.85. The van der Waals surface area contributed by atoms with Gasteiger partial charge in [-0.3, -0.25) is 4.98 Å². The van der Waals surface area contributed by atoms with E-state index in [1.807, 2.05) is 17.0 Å². The molecule has 0 atom stereocenters. The maximum Gasteiger partial charge on any atom is 0.410 e. The predicted octanol–water partition coefficient (Wildman–Crippen LogP) is 4.02. The molecule has 3 rings (SSSR count). The third-order valence-electron chi connectivity index (χ3n) is 4.91. The first-order chi connectivity index (χ1) is 13.6. The van der Waals surface area contributed by atoms with Crippen molar-refractivity contribution in [3.8, 4) is 5.75 Å². The molecule has 2 heterocycles. The Bertz CT molecular complexity index is 711. The molecule has 0 spiro atoms. The molecule has 0 N–H and O–H groups in total. The van der Waals surface area contributed by atoms with E-state index in [0.717, 1.165) is 49.5 Å². The van der Waals surface area contributed by atoms with Gasteiger partial charge < -0.3 is 19.3 Å². The van der Waals surface area contributed by atoms with Gasteiger partial charge in [-0.2, -0.15) is 0 Å². The van der Waals surface area contributed by atoms with Crippen LogP contribution >= 0.6 is 11.3 Å². The summed E-state index contributed by atoms with van der Waals surface area (Å²) >= 11 is 1.50. The molecule has 152 valence electrons. The van der Waals surface area contributed by atoms with E-state index in [0.29, 0.717) is 19.1 Å². The quantitative estimate of drug-likeness (QED) is 0.666. The summed E-state index contributed by atoms with van der Waals surface area (Å²) in [6.07, 6.45) is 4.53. The third-order valence-corrected chi connectivity index (χ3v) is 5.66. The lowest BCUT2D eigenvalue weighted by Crippen LogP contribution is -2.39. The largest absolute Gasteiger partial charge is 0.494 e. The van der Waals surface area contributed by atoms with Crippen LogP contribution in [0.5, 0.6) is 5.75 Å². The molecule has 6 nitrogen and oxygen atoms in total. The topological polar surface area (TPSA) is 54.9 Å². The SMILES string of the molecule is CN(C)Cc1ccc(OCCC2CCN(C(=O)OCc3cncs3)CC2)cc1. The number of nitrogens with zero attached hydrogens (tertiary/aromatic N) is 3. The van der Waals surface area contributed by atoms with Gasteiger partial charge in [-0.15, -0.1) is 11.3 Å². The minimum absolute atomic E-state index is 0.221. The van der Waals surface area contributed by atoms with Gasteiger partial charge >= 0.3 is 6.09 Å². The van der Waals surface area contributed by atoms with E-state index in [1.165, 1.54) is 16.9 Å². The molecule has 28 heavy (non-hydrogen) atoms. The van der Waals surface area contributed by atoms with E-state index in [2.05, 4.69) is 36.1 Å². The molecule has 2 aromatic rings. The Morgan fingerprint density at radius 3 is 2.64 bits per heavy atom. The Hall–Kier alpha value is -2.12. The van der Waals surface area contributed by atoms with E-state index in [1.54, 1.807) is 11.7 Å². The molecule has 1 aliphatic heterocycles. The van der Waals surface area contributed by atoms with Gasteiger partial charge in [0.05, 0.1) is 17.0 Å². The summed E-state index contributed by atoms with van der Waals surface area (Å²) in [5.41, 5.74) is 3.03. The Kier molecular flexibility index (Phi) is 7.68. The number of benzene rings is 1. The summed E-state index contributed by atoms with van der Waals surface area (Å²) in [7, 11) is 4.13. The van der Waals surface area contributed by atoms with Crippen molar-refractivity contribution in [1.82, 2.24) is 14.8 Å². The highest BCUT2D eigenvalue weighted by Crippen LogP contribution is 2.22. The van der Waals surface area contributed by atoms with Crippen LogP contribution in [0.1, 0.15) is 29.7 Å². The minimum Gasteiger partial charge on any atom is -0.494 e. The standard InChI is InChI=1S/C21H29N3O3S/c1-23(2)14-18-3-5-19(6-4-18)26-12-9-17-7-10-24(11-8-17)21(25)27-15-20-13-22-16-28-20/h3-6,13,16-17H,7-12,14-15H2,1-2H3. The van der Waals surface area contributed by atoms with E-state index < -0.39 is 0 Å².